The minimum Gasteiger partial charge on any atom is -0.507 e. The Kier molecular flexibility index (Phi) is 5.59. The molecule has 2 heterocycles. The molecule has 4 rings (SSSR count). The van der Waals surface area contributed by atoms with Crippen LogP contribution in [-0.2, 0) is 9.59 Å². The van der Waals surface area contributed by atoms with Crippen LogP contribution in [0.4, 0.5) is 23.2 Å². The predicted molar refractivity (Wildman–Crippen MR) is 109 cm³/mol. The summed E-state index contributed by atoms with van der Waals surface area (Å²) in [6.45, 7) is 0. The Bertz CT molecular complexity index is 1220. The van der Waals surface area contributed by atoms with Gasteiger partial charge in [-0.25, -0.2) is 4.39 Å². The topological polar surface area (TPSA) is 79.7 Å². The first-order chi connectivity index (χ1) is 15.7. The summed E-state index contributed by atoms with van der Waals surface area (Å²) in [6, 6.07) is 11.0. The third kappa shape index (κ3) is 4.40. The molecule has 1 saturated heterocycles. The van der Waals surface area contributed by atoms with Crippen LogP contribution in [0, 0.1) is 5.82 Å². The van der Waals surface area contributed by atoms with Crippen LogP contribution in [0.25, 0.3) is 5.76 Å². The van der Waals surface area contributed by atoms with Crippen LogP contribution >= 0.6 is 0 Å². The molecule has 6 nitrogen and oxygen atoms in total. The lowest BCUT2D eigenvalue weighted by atomic mass is 9.96. The van der Waals surface area contributed by atoms with Crippen LogP contribution in [0.3, 0.4) is 0 Å². The Hall–Kier alpha value is -4.21. The lowest BCUT2D eigenvalue weighted by Crippen LogP contribution is -2.29. The smallest absolute Gasteiger partial charge is 0.507 e. The molecule has 1 aliphatic rings. The number of carbonyl (C=O) groups is 2. The Morgan fingerprint density at radius 3 is 2.12 bits per heavy atom. The monoisotopic (exact) mass is 458 g/mol. The van der Waals surface area contributed by atoms with Crippen LogP contribution in [0.1, 0.15) is 17.2 Å². The molecule has 0 saturated carbocycles. The highest BCUT2D eigenvalue weighted by Crippen LogP contribution is 2.42. The van der Waals surface area contributed by atoms with E-state index in [1.54, 1.807) is 0 Å². The summed E-state index contributed by atoms with van der Waals surface area (Å²) < 4.78 is 54.6. The van der Waals surface area contributed by atoms with E-state index in [2.05, 4.69) is 9.72 Å². The molecule has 33 heavy (non-hydrogen) atoms. The number of pyridine rings is 1. The van der Waals surface area contributed by atoms with E-state index in [1.165, 1.54) is 48.8 Å². The number of nitrogens with zero attached hydrogens (tertiary/aromatic N) is 2. The summed E-state index contributed by atoms with van der Waals surface area (Å²) in [4.78, 5) is 30.8. The van der Waals surface area contributed by atoms with Gasteiger partial charge >= 0.3 is 6.36 Å². The number of anilines is 1. The van der Waals surface area contributed by atoms with E-state index in [1.807, 2.05) is 0 Å². The van der Waals surface area contributed by atoms with Gasteiger partial charge in [0.1, 0.15) is 17.3 Å². The Morgan fingerprint density at radius 1 is 0.939 bits per heavy atom. The molecular weight excluding hydrogens is 444 g/mol. The second-order valence-electron chi connectivity index (χ2n) is 7.00. The number of Topliss-reactive ketones (excluding diaryl/α,β-unsaturated/α-hetero) is 1. The van der Waals surface area contributed by atoms with Gasteiger partial charge < -0.3 is 9.84 Å². The number of amides is 1. The number of halogens is 4. The van der Waals surface area contributed by atoms with E-state index < -0.39 is 41.4 Å². The van der Waals surface area contributed by atoms with Crippen molar-refractivity contribution in [2.24, 2.45) is 0 Å². The molecule has 0 bridgehead atoms. The quantitative estimate of drug-likeness (QED) is 0.264. The number of ether oxygens (including phenoxy) is 1. The zero-order valence-electron chi connectivity index (χ0n) is 16.6. The first-order valence-corrected chi connectivity index (χ1v) is 9.48. The number of carbonyl (C=O) groups excluding carboxylic acids is 2. The standard InChI is InChI=1S/C23H14F4N2O4/c24-15-3-1-14(2-4-15)20(30)18-19(13-9-11-28-12-10-13)29(22(32)21(18)31)16-5-7-17(8-6-16)33-23(25,26)27/h1-12,19,30H/b20-18-. The van der Waals surface area contributed by atoms with Gasteiger partial charge in [0, 0.05) is 23.6 Å². The second-order valence-corrected chi connectivity index (χ2v) is 7.00. The second kappa shape index (κ2) is 8.38. The van der Waals surface area contributed by atoms with E-state index in [4.69, 9.17) is 0 Å². The highest BCUT2D eigenvalue weighted by molar-refractivity contribution is 6.51. The molecular formula is C23H14F4N2O4. The summed E-state index contributed by atoms with van der Waals surface area (Å²) in [6.07, 6.45) is -2.04. The molecule has 0 aliphatic carbocycles. The summed E-state index contributed by atoms with van der Waals surface area (Å²) in [7, 11) is 0. The number of hydrogen-bond donors (Lipinski definition) is 1. The van der Waals surface area contributed by atoms with Crippen LogP contribution in [0.5, 0.6) is 5.75 Å². The number of aliphatic hydroxyl groups is 1. The van der Waals surface area contributed by atoms with Crippen LogP contribution in [-0.4, -0.2) is 28.1 Å². The van der Waals surface area contributed by atoms with Gasteiger partial charge in [0.25, 0.3) is 11.7 Å². The van der Waals surface area contributed by atoms with E-state index in [9.17, 15) is 32.3 Å². The SMILES string of the molecule is O=C1C(=O)N(c2ccc(OC(F)(F)F)cc2)C(c2ccncc2)/C1=C(/O)c1ccc(F)cc1. The average Bonchev–Trinajstić information content (AvgIpc) is 3.04. The Morgan fingerprint density at radius 2 is 1.55 bits per heavy atom. The first kappa shape index (κ1) is 22.0. The molecule has 1 amide bonds. The highest BCUT2D eigenvalue weighted by atomic mass is 19.4. The summed E-state index contributed by atoms with van der Waals surface area (Å²) >= 11 is 0. The number of ketones is 1. The molecule has 1 fully saturated rings. The van der Waals surface area contributed by atoms with Crippen molar-refractivity contribution in [2.45, 2.75) is 12.4 Å². The van der Waals surface area contributed by atoms with Crippen molar-refractivity contribution in [3.8, 4) is 5.75 Å². The van der Waals surface area contributed by atoms with Gasteiger partial charge in [-0.05, 0) is 66.2 Å². The van der Waals surface area contributed by atoms with Gasteiger partial charge in [0.15, 0.2) is 0 Å². The van der Waals surface area contributed by atoms with Crippen molar-refractivity contribution in [1.82, 2.24) is 4.98 Å². The number of hydrogen-bond acceptors (Lipinski definition) is 5. The predicted octanol–water partition coefficient (Wildman–Crippen LogP) is 4.75. The molecule has 10 heteroatoms. The van der Waals surface area contributed by atoms with Crippen LogP contribution in [0.15, 0.2) is 78.6 Å². The van der Waals surface area contributed by atoms with Gasteiger partial charge in [0.05, 0.1) is 11.6 Å². The van der Waals surface area contributed by atoms with Crippen molar-refractivity contribution >= 4 is 23.1 Å². The van der Waals surface area contributed by atoms with E-state index in [0.717, 1.165) is 29.2 Å². The van der Waals surface area contributed by atoms with Gasteiger partial charge in [-0.2, -0.15) is 0 Å². The number of aliphatic hydroxyl groups excluding tert-OH is 1. The number of rotatable bonds is 4. The molecule has 1 aliphatic heterocycles. The highest BCUT2D eigenvalue weighted by Gasteiger charge is 2.47. The number of benzene rings is 2. The van der Waals surface area contributed by atoms with Gasteiger partial charge in [-0.1, -0.05) is 0 Å². The number of alkyl halides is 3. The molecule has 168 valence electrons. The van der Waals surface area contributed by atoms with Crippen LogP contribution < -0.4 is 9.64 Å². The molecule has 3 aromatic rings. The molecule has 1 unspecified atom stereocenters. The third-order valence-corrected chi connectivity index (χ3v) is 4.93. The normalized spacial score (nSPS) is 17.9. The van der Waals surface area contributed by atoms with Gasteiger partial charge in [-0.3, -0.25) is 19.5 Å². The molecule has 1 atom stereocenters. The van der Waals surface area contributed by atoms with Crippen molar-refractivity contribution in [3.63, 3.8) is 0 Å². The van der Waals surface area contributed by atoms with E-state index >= 15 is 0 Å². The van der Waals surface area contributed by atoms with Gasteiger partial charge in [-0.15, -0.1) is 13.2 Å². The fraction of sp³-hybridized carbons (Fsp3) is 0.0870. The maximum absolute atomic E-state index is 13.3. The van der Waals surface area contributed by atoms with Crippen molar-refractivity contribution in [1.29, 1.82) is 0 Å². The Balaban J connectivity index is 1.83. The third-order valence-electron chi connectivity index (χ3n) is 4.93. The fourth-order valence-corrected chi connectivity index (χ4v) is 3.53. The first-order valence-electron chi connectivity index (χ1n) is 9.48. The molecule has 1 aromatic heterocycles. The van der Waals surface area contributed by atoms with E-state index in [0.29, 0.717) is 5.56 Å². The lowest BCUT2D eigenvalue weighted by molar-refractivity contribution is -0.274. The Labute approximate surface area is 184 Å². The maximum Gasteiger partial charge on any atom is 0.573 e. The number of aromatic nitrogens is 1. The lowest BCUT2D eigenvalue weighted by Gasteiger charge is -2.25. The minimum atomic E-state index is -4.89. The zero-order valence-corrected chi connectivity index (χ0v) is 16.6. The summed E-state index contributed by atoms with van der Waals surface area (Å²) in [5, 5.41) is 10.9. The van der Waals surface area contributed by atoms with E-state index in [-0.39, 0.29) is 16.8 Å². The molecule has 1 N–H and O–H groups in total. The molecule has 2 aromatic carbocycles. The molecule has 0 spiro atoms. The zero-order chi connectivity index (χ0) is 23.8. The van der Waals surface area contributed by atoms with Crippen molar-refractivity contribution in [2.75, 3.05) is 4.90 Å². The average molecular weight is 458 g/mol. The van der Waals surface area contributed by atoms with Crippen molar-refractivity contribution in [3.05, 3.63) is 95.6 Å². The summed E-state index contributed by atoms with van der Waals surface area (Å²) in [5.41, 5.74) is 0.380. The minimum absolute atomic E-state index is 0.103. The van der Waals surface area contributed by atoms with Crippen LogP contribution in [0.2, 0.25) is 0 Å². The largest absolute Gasteiger partial charge is 0.573 e. The maximum atomic E-state index is 13.3. The van der Waals surface area contributed by atoms with Gasteiger partial charge in [0.2, 0.25) is 0 Å². The summed E-state index contributed by atoms with van der Waals surface area (Å²) in [5.74, 6) is -3.58. The molecule has 0 radical (unpaired) electrons. The van der Waals surface area contributed by atoms with Crippen molar-refractivity contribution < 1.29 is 37.0 Å². The fourth-order valence-electron chi connectivity index (χ4n) is 3.53.